The van der Waals surface area contributed by atoms with Crippen LogP contribution in [0.5, 0.6) is 0 Å². The van der Waals surface area contributed by atoms with Crippen molar-refractivity contribution in [2.45, 2.75) is 27.7 Å². The quantitative estimate of drug-likeness (QED) is 0.824. The zero-order chi connectivity index (χ0) is 15.4. The van der Waals surface area contributed by atoms with Crippen molar-refractivity contribution < 1.29 is 0 Å². The molecule has 2 aromatic rings. The van der Waals surface area contributed by atoms with Crippen molar-refractivity contribution in [2.24, 2.45) is 5.92 Å². The third kappa shape index (κ3) is 4.70. The van der Waals surface area contributed by atoms with E-state index in [2.05, 4.69) is 63.4 Å². The fourth-order valence-corrected chi connectivity index (χ4v) is 2.20. The van der Waals surface area contributed by atoms with Crippen molar-refractivity contribution in [1.29, 1.82) is 0 Å². The van der Waals surface area contributed by atoms with Crippen LogP contribution in [0.25, 0.3) is 0 Å². The summed E-state index contributed by atoms with van der Waals surface area (Å²) in [4.78, 5) is 8.94. The Morgan fingerprint density at radius 3 is 2.57 bits per heavy atom. The average Bonchev–Trinajstić information content (AvgIpc) is 2.40. The van der Waals surface area contributed by atoms with E-state index >= 15 is 0 Å². The van der Waals surface area contributed by atoms with Crippen LogP contribution in [0.1, 0.15) is 25.1 Å². The number of benzene rings is 1. The number of aromatic nitrogens is 2. The first-order chi connectivity index (χ1) is 9.94. The van der Waals surface area contributed by atoms with Gasteiger partial charge in [-0.1, -0.05) is 35.8 Å². The second-order valence-electron chi connectivity index (χ2n) is 5.58. The second kappa shape index (κ2) is 6.89. The van der Waals surface area contributed by atoms with Gasteiger partial charge in [0.25, 0.3) is 0 Å². The first-order valence-electron chi connectivity index (χ1n) is 7.07. The molecule has 0 spiro atoms. The van der Waals surface area contributed by atoms with Gasteiger partial charge in [-0.25, -0.2) is 4.98 Å². The molecule has 0 radical (unpaired) electrons. The average molecular weight is 349 g/mol. The highest BCUT2D eigenvalue weighted by Crippen LogP contribution is 2.23. The van der Waals surface area contributed by atoms with Crippen LogP contribution in [-0.4, -0.2) is 16.5 Å². The molecule has 0 saturated heterocycles. The zero-order valence-electron chi connectivity index (χ0n) is 12.9. The smallest absolute Gasteiger partial charge is 0.229 e. The summed E-state index contributed by atoms with van der Waals surface area (Å²) in [6, 6.07) is 8.06. The third-order valence-electron chi connectivity index (χ3n) is 2.97. The Morgan fingerprint density at radius 2 is 1.90 bits per heavy atom. The maximum atomic E-state index is 4.50. The van der Waals surface area contributed by atoms with Gasteiger partial charge in [0, 0.05) is 28.5 Å². The van der Waals surface area contributed by atoms with Crippen LogP contribution in [0.15, 0.2) is 28.7 Å². The van der Waals surface area contributed by atoms with Gasteiger partial charge in [-0.05, 0) is 37.5 Å². The molecule has 1 aromatic carbocycles. The van der Waals surface area contributed by atoms with Crippen molar-refractivity contribution >= 4 is 33.4 Å². The Labute approximate surface area is 134 Å². The number of halogens is 1. The lowest BCUT2D eigenvalue weighted by atomic mass is 10.2. The molecule has 0 amide bonds. The second-order valence-corrected chi connectivity index (χ2v) is 6.44. The van der Waals surface area contributed by atoms with Gasteiger partial charge < -0.3 is 10.6 Å². The molecule has 0 bridgehead atoms. The van der Waals surface area contributed by atoms with Crippen LogP contribution in [0.4, 0.5) is 17.5 Å². The van der Waals surface area contributed by atoms with E-state index in [1.54, 1.807) is 0 Å². The van der Waals surface area contributed by atoms with E-state index in [-0.39, 0.29) is 0 Å². The van der Waals surface area contributed by atoms with Crippen molar-refractivity contribution in [2.75, 3.05) is 17.2 Å². The van der Waals surface area contributed by atoms with Crippen molar-refractivity contribution in [3.05, 3.63) is 40.0 Å². The molecule has 5 heteroatoms. The molecule has 1 heterocycles. The largest absolute Gasteiger partial charge is 0.370 e. The molecule has 2 rings (SSSR count). The molecule has 0 aliphatic carbocycles. The highest BCUT2D eigenvalue weighted by Gasteiger charge is 2.04. The van der Waals surface area contributed by atoms with E-state index < -0.39 is 0 Å². The number of nitrogens with zero attached hydrogens (tertiary/aromatic N) is 2. The molecule has 0 unspecified atom stereocenters. The minimum absolute atomic E-state index is 0.574. The minimum atomic E-state index is 0.574. The SMILES string of the molecule is Cc1cc(NCC(C)C)nc(Nc2ccc(C)c(Br)c2)n1. The van der Waals surface area contributed by atoms with E-state index in [1.807, 2.05) is 25.1 Å². The summed E-state index contributed by atoms with van der Waals surface area (Å²) < 4.78 is 1.07. The van der Waals surface area contributed by atoms with E-state index in [9.17, 15) is 0 Å². The summed E-state index contributed by atoms with van der Waals surface area (Å²) in [5, 5.41) is 6.58. The summed E-state index contributed by atoms with van der Waals surface area (Å²) in [5.41, 5.74) is 3.10. The Balaban J connectivity index is 2.17. The molecule has 0 saturated carbocycles. The van der Waals surface area contributed by atoms with Gasteiger partial charge in [0.15, 0.2) is 0 Å². The molecule has 112 valence electrons. The molecule has 2 N–H and O–H groups in total. The predicted octanol–water partition coefficient (Wildman–Crippen LogP) is 4.67. The van der Waals surface area contributed by atoms with Crippen LogP contribution in [0, 0.1) is 19.8 Å². The highest BCUT2D eigenvalue weighted by atomic mass is 79.9. The number of rotatable bonds is 5. The molecule has 0 aliphatic rings. The maximum Gasteiger partial charge on any atom is 0.229 e. The van der Waals surface area contributed by atoms with Crippen LogP contribution >= 0.6 is 15.9 Å². The number of hydrogen-bond donors (Lipinski definition) is 2. The van der Waals surface area contributed by atoms with Gasteiger partial charge in [0.05, 0.1) is 0 Å². The molecule has 0 fully saturated rings. The minimum Gasteiger partial charge on any atom is -0.370 e. The highest BCUT2D eigenvalue weighted by molar-refractivity contribution is 9.10. The summed E-state index contributed by atoms with van der Waals surface area (Å²) in [6.45, 7) is 9.27. The molecular formula is C16H21BrN4. The van der Waals surface area contributed by atoms with Gasteiger partial charge >= 0.3 is 0 Å². The normalized spacial score (nSPS) is 10.8. The van der Waals surface area contributed by atoms with Crippen molar-refractivity contribution in [3.8, 4) is 0 Å². The lowest BCUT2D eigenvalue weighted by Crippen LogP contribution is -2.10. The van der Waals surface area contributed by atoms with Crippen LogP contribution in [0.3, 0.4) is 0 Å². The first-order valence-corrected chi connectivity index (χ1v) is 7.86. The monoisotopic (exact) mass is 348 g/mol. The fourth-order valence-electron chi connectivity index (χ4n) is 1.82. The lowest BCUT2D eigenvalue weighted by molar-refractivity contribution is 0.687. The number of hydrogen-bond acceptors (Lipinski definition) is 4. The standard InChI is InChI=1S/C16H21BrN4/c1-10(2)9-18-15-7-12(4)19-16(21-15)20-13-6-5-11(3)14(17)8-13/h5-8,10H,9H2,1-4H3,(H2,18,19,20,21). The number of anilines is 3. The van der Waals surface area contributed by atoms with Gasteiger partial charge in [0.2, 0.25) is 5.95 Å². The summed E-state index contributed by atoms with van der Waals surface area (Å²) >= 11 is 3.54. The molecule has 21 heavy (non-hydrogen) atoms. The topological polar surface area (TPSA) is 49.8 Å². The maximum absolute atomic E-state index is 4.50. The Morgan fingerprint density at radius 1 is 1.14 bits per heavy atom. The number of aryl methyl sites for hydroxylation is 2. The third-order valence-corrected chi connectivity index (χ3v) is 3.83. The predicted molar refractivity (Wildman–Crippen MR) is 92.3 cm³/mol. The molecular weight excluding hydrogens is 328 g/mol. The lowest BCUT2D eigenvalue weighted by Gasteiger charge is -2.11. The van der Waals surface area contributed by atoms with Gasteiger partial charge in [-0.3, -0.25) is 0 Å². The Bertz CT molecular complexity index is 626. The Kier molecular flexibility index (Phi) is 5.17. The van der Waals surface area contributed by atoms with E-state index in [1.165, 1.54) is 5.56 Å². The molecule has 1 aromatic heterocycles. The van der Waals surface area contributed by atoms with E-state index in [0.29, 0.717) is 11.9 Å². The summed E-state index contributed by atoms with van der Waals surface area (Å²) in [7, 11) is 0. The fraction of sp³-hybridized carbons (Fsp3) is 0.375. The van der Waals surface area contributed by atoms with Crippen LogP contribution in [-0.2, 0) is 0 Å². The van der Waals surface area contributed by atoms with E-state index in [0.717, 1.165) is 28.2 Å². The van der Waals surface area contributed by atoms with Gasteiger partial charge in [-0.15, -0.1) is 0 Å². The first kappa shape index (κ1) is 15.8. The molecule has 0 atom stereocenters. The molecule has 4 nitrogen and oxygen atoms in total. The zero-order valence-corrected chi connectivity index (χ0v) is 14.5. The number of nitrogens with one attached hydrogen (secondary N) is 2. The van der Waals surface area contributed by atoms with Gasteiger partial charge in [-0.2, -0.15) is 4.98 Å². The molecule has 0 aliphatic heterocycles. The summed E-state index contributed by atoms with van der Waals surface area (Å²) in [6.07, 6.45) is 0. The van der Waals surface area contributed by atoms with Crippen molar-refractivity contribution in [3.63, 3.8) is 0 Å². The van der Waals surface area contributed by atoms with Gasteiger partial charge in [0.1, 0.15) is 5.82 Å². The van der Waals surface area contributed by atoms with Crippen molar-refractivity contribution in [1.82, 2.24) is 9.97 Å². The summed E-state index contributed by atoms with van der Waals surface area (Å²) in [5.74, 6) is 2.03. The van der Waals surface area contributed by atoms with Crippen LogP contribution in [0.2, 0.25) is 0 Å². The van der Waals surface area contributed by atoms with E-state index in [4.69, 9.17) is 0 Å². The van der Waals surface area contributed by atoms with Crippen LogP contribution < -0.4 is 10.6 Å². The Hall–Kier alpha value is -1.62.